The van der Waals surface area contributed by atoms with Gasteiger partial charge in [0.2, 0.25) is 0 Å². The molecule has 0 heterocycles. The molecule has 0 aliphatic rings. The number of ether oxygens (including phenoxy) is 2. The van der Waals surface area contributed by atoms with E-state index in [4.69, 9.17) is 9.47 Å². The molecule has 0 unspecified atom stereocenters. The Morgan fingerprint density at radius 1 is 0.950 bits per heavy atom. The molecular weight excluding hydrogens is 256 g/mol. The Morgan fingerprint density at radius 2 is 1.35 bits per heavy atom. The van der Waals surface area contributed by atoms with E-state index < -0.39 is 11.9 Å². The second-order valence-electron chi connectivity index (χ2n) is 4.53. The van der Waals surface area contributed by atoms with Crippen LogP contribution in [-0.2, 0) is 32.3 Å². The van der Waals surface area contributed by atoms with E-state index in [2.05, 4.69) is 13.2 Å². The highest BCUT2D eigenvalue weighted by Crippen LogP contribution is 2.09. The highest BCUT2D eigenvalue weighted by molar-refractivity contribution is 5.87. The maximum Gasteiger partial charge on any atom is 0.333 e. The number of rotatable bonds is 6. The Morgan fingerprint density at radius 3 is 1.70 bits per heavy atom. The molecule has 0 radical (unpaired) electrons. The molecule has 0 amide bonds. The van der Waals surface area contributed by atoms with Gasteiger partial charge in [0.05, 0.1) is 0 Å². The fourth-order valence-corrected chi connectivity index (χ4v) is 1.35. The van der Waals surface area contributed by atoms with Gasteiger partial charge in [-0.15, -0.1) is 0 Å². The molecule has 0 aliphatic carbocycles. The minimum atomic E-state index is -0.427. The molecule has 1 aromatic rings. The number of carbonyl (C=O) groups is 2. The largest absolute Gasteiger partial charge is 0.457 e. The Kier molecular flexibility index (Phi) is 5.72. The van der Waals surface area contributed by atoms with Crippen molar-refractivity contribution in [2.75, 3.05) is 0 Å². The van der Waals surface area contributed by atoms with Crippen LogP contribution in [0.5, 0.6) is 0 Å². The fraction of sp³-hybridized carbons (Fsp3) is 0.250. The number of hydrogen-bond donors (Lipinski definition) is 0. The number of hydrogen-bond acceptors (Lipinski definition) is 4. The normalized spacial score (nSPS) is 9.70. The number of carbonyl (C=O) groups excluding carboxylic acids is 2. The first-order valence-corrected chi connectivity index (χ1v) is 6.13. The van der Waals surface area contributed by atoms with Crippen LogP contribution >= 0.6 is 0 Å². The summed E-state index contributed by atoms with van der Waals surface area (Å²) in [6.07, 6.45) is 0. The first kappa shape index (κ1) is 15.7. The minimum Gasteiger partial charge on any atom is -0.457 e. The molecule has 4 heteroatoms. The van der Waals surface area contributed by atoms with Gasteiger partial charge < -0.3 is 9.47 Å². The van der Waals surface area contributed by atoms with E-state index in [1.54, 1.807) is 13.8 Å². The Bertz CT molecular complexity index is 498. The van der Waals surface area contributed by atoms with Gasteiger partial charge in [-0.3, -0.25) is 0 Å². The average Bonchev–Trinajstić information content (AvgIpc) is 2.42. The summed E-state index contributed by atoms with van der Waals surface area (Å²) < 4.78 is 10.1. The van der Waals surface area contributed by atoms with Crippen LogP contribution < -0.4 is 0 Å². The van der Waals surface area contributed by atoms with E-state index in [-0.39, 0.29) is 13.2 Å². The summed E-state index contributed by atoms with van der Waals surface area (Å²) in [5, 5.41) is 0. The molecule has 0 atom stereocenters. The van der Waals surface area contributed by atoms with Crippen molar-refractivity contribution in [1.29, 1.82) is 0 Å². The third-order valence-corrected chi connectivity index (χ3v) is 2.43. The zero-order valence-electron chi connectivity index (χ0n) is 11.8. The molecule has 0 saturated heterocycles. The van der Waals surface area contributed by atoms with Crippen molar-refractivity contribution in [3.63, 3.8) is 0 Å². The summed E-state index contributed by atoms with van der Waals surface area (Å²) >= 11 is 0. The summed E-state index contributed by atoms with van der Waals surface area (Å²) in [5.74, 6) is -0.853. The molecule has 0 saturated carbocycles. The second-order valence-corrected chi connectivity index (χ2v) is 4.53. The minimum absolute atomic E-state index is 0.161. The number of esters is 2. The molecule has 0 aliphatic heterocycles. The fourth-order valence-electron chi connectivity index (χ4n) is 1.35. The van der Waals surface area contributed by atoms with Gasteiger partial charge in [0.1, 0.15) is 13.2 Å². The second kappa shape index (κ2) is 7.28. The van der Waals surface area contributed by atoms with Crippen LogP contribution in [0.1, 0.15) is 25.0 Å². The lowest BCUT2D eigenvalue weighted by Gasteiger charge is -2.08. The molecule has 1 aromatic carbocycles. The lowest BCUT2D eigenvalue weighted by molar-refractivity contribution is -0.140. The average molecular weight is 274 g/mol. The molecular formula is C16H18O4. The van der Waals surface area contributed by atoms with Gasteiger partial charge in [0.25, 0.3) is 0 Å². The van der Waals surface area contributed by atoms with E-state index >= 15 is 0 Å². The standard InChI is InChI=1S/C16H18O4/c1-11(2)15(17)19-9-13-6-5-7-14(8-13)10-20-16(18)12(3)4/h5-8H,1,3,9-10H2,2,4H3. The predicted octanol–water partition coefficient (Wildman–Crippen LogP) is 2.93. The summed E-state index contributed by atoms with van der Waals surface area (Å²) in [6, 6.07) is 7.29. The van der Waals surface area contributed by atoms with Crippen LogP contribution in [0.25, 0.3) is 0 Å². The molecule has 0 bridgehead atoms. The van der Waals surface area contributed by atoms with Crippen molar-refractivity contribution in [3.05, 3.63) is 59.7 Å². The SMILES string of the molecule is C=C(C)C(=O)OCc1cccc(COC(=O)C(=C)C)c1. The van der Waals surface area contributed by atoms with Crippen molar-refractivity contribution in [2.45, 2.75) is 27.1 Å². The Balaban J connectivity index is 2.57. The van der Waals surface area contributed by atoms with Crippen LogP contribution in [0.3, 0.4) is 0 Å². The van der Waals surface area contributed by atoms with Gasteiger partial charge in [-0.2, -0.15) is 0 Å². The molecule has 1 rings (SSSR count). The summed E-state index contributed by atoms with van der Waals surface area (Å²) in [4.78, 5) is 22.6. The van der Waals surface area contributed by atoms with Crippen LogP contribution in [0, 0.1) is 0 Å². The highest BCUT2D eigenvalue weighted by Gasteiger charge is 2.06. The van der Waals surface area contributed by atoms with Gasteiger partial charge in [0, 0.05) is 11.1 Å². The van der Waals surface area contributed by atoms with Crippen molar-refractivity contribution in [1.82, 2.24) is 0 Å². The first-order valence-electron chi connectivity index (χ1n) is 6.13. The summed E-state index contributed by atoms with van der Waals surface area (Å²) in [5.41, 5.74) is 2.36. The predicted molar refractivity (Wildman–Crippen MR) is 75.7 cm³/mol. The molecule has 0 fully saturated rings. The maximum absolute atomic E-state index is 11.3. The topological polar surface area (TPSA) is 52.6 Å². The van der Waals surface area contributed by atoms with Crippen molar-refractivity contribution in [3.8, 4) is 0 Å². The van der Waals surface area contributed by atoms with Crippen molar-refractivity contribution < 1.29 is 19.1 Å². The lowest BCUT2D eigenvalue weighted by atomic mass is 10.1. The zero-order valence-corrected chi connectivity index (χ0v) is 11.8. The molecule has 0 spiro atoms. The molecule has 106 valence electrons. The van der Waals surface area contributed by atoms with Crippen LogP contribution in [-0.4, -0.2) is 11.9 Å². The van der Waals surface area contributed by atoms with Gasteiger partial charge >= 0.3 is 11.9 Å². The van der Waals surface area contributed by atoms with Crippen LogP contribution in [0.15, 0.2) is 48.6 Å². The summed E-state index contributed by atoms with van der Waals surface area (Å²) in [7, 11) is 0. The molecule has 0 N–H and O–H groups in total. The van der Waals surface area contributed by atoms with Gasteiger partial charge in [-0.1, -0.05) is 31.4 Å². The van der Waals surface area contributed by atoms with Gasteiger partial charge in [-0.05, 0) is 31.0 Å². The lowest BCUT2D eigenvalue weighted by Crippen LogP contribution is -2.06. The van der Waals surface area contributed by atoms with E-state index in [1.807, 2.05) is 24.3 Å². The highest BCUT2D eigenvalue weighted by atomic mass is 16.5. The van der Waals surface area contributed by atoms with Crippen LogP contribution in [0.4, 0.5) is 0 Å². The zero-order chi connectivity index (χ0) is 15.1. The Labute approximate surface area is 118 Å². The van der Waals surface area contributed by atoms with E-state index in [0.29, 0.717) is 11.1 Å². The van der Waals surface area contributed by atoms with E-state index in [1.165, 1.54) is 0 Å². The molecule has 4 nitrogen and oxygen atoms in total. The first-order chi connectivity index (χ1) is 9.40. The third-order valence-electron chi connectivity index (χ3n) is 2.43. The van der Waals surface area contributed by atoms with Crippen LogP contribution in [0.2, 0.25) is 0 Å². The smallest absolute Gasteiger partial charge is 0.333 e. The number of benzene rings is 1. The monoisotopic (exact) mass is 274 g/mol. The molecule has 20 heavy (non-hydrogen) atoms. The van der Waals surface area contributed by atoms with Crippen molar-refractivity contribution in [2.24, 2.45) is 0 Å². The quantitative estimate of drug-likeness (QED) is 0.591. The molecule has 0 aromatic heterocycles. The van der Waals surface area contributed by atoms with Gasteiger partial charge in [-0.25, -0.2) is 9.59 Å². The van der Waals surface area contributed by atoms with E-state index in [0.717, 1.165) is 11.1 Å². The Hall–Kier alpha value is -2.36. The third kappa shape index (κ3) is 5.10. The van der Waals surface area contributed by atoms with Gasteiger partial charge in [0.15, 0.2) is 0 Å². The van der Waals surface area contributed by atoms with E-state index in [9.17, 15) is 9.59 Å². The summed E-state index contributed by atoms with van der Waals surface area (Å²) in [6.45, 7) is 10.5. The maximum atomic E-state index is 11.3. The van der Waals surface area contributed by atoms with Crippen molar-refractivity contribution >= 4 is 11.9 Å².